The van der Waals surface area contributed by atoms with Crippen molar-refractivity contribution in [3.63, 3.8) is 0 Å². The number of nitrogens with zero attached hydrogens (tertiary/aromatic N) is 1. The number of alkyl halides is 6. The zero-order valence-corrected chi connectivity index (χ0v) is 18.4. The second-order valence-corrected chi connectivity index (χ2v) is 8.85. The average Bonchev–Trinajstić information content (AvgIpc) is 3.34. The molecule has 1 saturated heterocycles. The van der Waals surface area contributed by atoms with Gasteiger partial charge in [0.25, 0.3) is 0 Å². The van der Waals surface area contributed by atoms with Gasteiger partial charge in [0.2, 0.25) is 5.91 Å². The van der Waals surface area contributed by atoms with Crippen molar-refractivity contribution in [1.29, 1.82) is 0 Å². The Hall–Kier alpha value is -3.08. The smallest absolute Gasteiger partial charge is 0.417 e. The van der Waals surface area contributed by atoms with Gasteiger partial charge in [0.1, 0.15) is 6.10 Å². The highest BCUT2D eigenvalue weighted by molar-refractivity contribution is 7.17. The molecular weight excluding hydrogens is 484 g/mol. The number of thiophene rings is 1. The number of fused-ring (bicyclic) bond motifs is 1. The standard InChI is InChI=1S/C23H17F6NO3S/c1-12-20(14-9-15(22(24,25)26)11-16(10-14)23(27,28)29)33-21(32)30(12)19(31)6-5-13-3-2-4-18-17(13)7-8-34-18/h2-4,7-12,20H,5-6H2,1H3/t12-,20-/m0/s1. The molecular formula is C23H17F6NO3S. The fourth-order valence-electron chi connectivity index (χ4n) is 4.02. The molecule has 3 aromatic rings. The predicted octanol–water partition coefficient (Wildman–Crippen LogP) is 6.98. The summed E-state index contributed by atoms with van der Waals surface area (Å²) in [5, 5.41) is 2.88. The van der Waals surface area contributed by atoms with E-state index in [0.717, 1.165) is 20.5 Å². The Bertz CT molecular complexity index is 1220. The molecule has 4 nitrogen and oxygen atoms in total. The van der Waals surface area contributed by atoms with E-state index in [1.165, 1.54) is 18.3 Å². The van der Waals surface area contributed by atoms with Crippen LogP contribution in [0.2, 0.25) is 0 Å². The van der Waals surface area contributed by atoms with Gasteiger partial charge in [0, 0.05) is 11.1 Å². The van der Waals surface area contributed by atoms with Crippen molar-refractivity contribution in [2.75, 3.05) is 0 Å². The molecule has 1 aromatic heterocycles. The topological polar surface area (TPSA) is 46.6 Å². The number of rotatable bonds is 4. The van der Waals surface area contributed by atoms with Crippen molar-refractivity contribution in [2.24, 2.45) is 0 Å². The Labute approximate surface area is 193 Å². The minimum absolute atomic E-state index is 0.00109. The molecule has 0 N–H and O–H groups in total. The van der Waals surface area contributed by atoms with E-state index >= 15 is 0 Å². The quantitative estimate of drug-likeness (QED) is 0.363. The third kappa shape index (κ3) is 4.61. The summed E-state index contributed by atoms with van der Waals surface area (Å²) >= 11 is 1.54. The molecule has 1 aliphatic heterocycles. The number of hydrogen-bond acceptors (Lipinski definition) is 4. The van der Waals surface area contributed by atoms with Crippen LogP contribution in [0.5, 0.6) is 0 Å². The largest absolute Gasteiger partial charge is 0.439 e. The highest BCUT2D eigenvalue weighted by Gasteiger charge is 2.45. The lowest BCUT2D eigenvalue weighted by atomic mass is 9.97. The van der Waals surface area contributed by atoms with Crippen LogP contribution < -0.4 is 0 Å². The van der Waals surface area contributed by atoms with E-state index in [9.17, 15) is 35.9 Å². The number of carbonyl (C=O) groups is 2. The lowest BCUT2D eigenvalue weighted by Crippen LogP contribution is -2.38. The molecule has 2 heterocycles. The maximum Gasteiger partial charge on any atom is 0.417 e. The molecule has 180 valence electrons. The number of hydrogen-bond donors (Lipinski definition) is 0. The maximum absolute atomic E-state index is 13.2. The summed E-state index contributed by atoms with van der Waals surface area (Å²) in [4.78, 5) is 26.0. The molecule has 11 heteroatoms. The second kappa shape index (κ2) is 8.61. The summed E-state index contributed by atoms with van der Waals surface area (Å²) in [5.74, 6) is -0.629. The van der Waals surface area contributed by atoms with E-state index in [1.807, 2.05) is 29.6 Å². The fourth-order valence-corrected chi connectivity index (χ4v) is 4.86. The molecule has 34 heavy (non-hydrogen) atoms. The van der Waals surface area contributed by atoms with Crippen molar-refractivity contribution in [1.82, 2.24) is 4.90 Å². The summed E-state index contributed by atoms with van der Waals surface area (Å²) in [7, 11) is 0. The number of carbonyl (C=O) groups excluding carboxylic acids is 2. The van der Waals surface area contributed by atoms with Crippen LogP contribution in [0.4, 0.5) is 31.1 Å². The Morgan fingerprint density at radius 3 is 2.29 bits per heavy atom. The molecule has 0 saturated carbocycles. The first-order chi connectivity index (χ1) is 15.9. The molecule has 1 fully saturated rings. The molecule has 2 aromatic carbocycles. The number of imide groups is 1. The SMILES string of the molecule is C[C@H]1[C@@H](c2cc(C(F)(F)F)cc(C(F)(F)F)c2)OC(=O)N1C(=O)CCc1cccc2sccc12. The summed E-state index contributed by atoms with van der Waals surface area (Å²) in [6, 6.07) is 7.45. The van der Waals surface area contributed by atoms with Gasteiger partial charge in [0.05, 0.1) is 17.2 Å². The van der Waals surface area contributed by atoms with Gasteiger partial charge in [-0.15, -0.1) is 11.3 Å². The molecule has 0 radical (unpaired) electrons. The Balaban J connectivity index is 1.57. The van der Waals surface area contributed by atoms with Crippen LogP contribution in [-0.2, 0) is 28.3 Å². The number of halogens is 6. The number of amides is 2. The van der Waals surface area contributed by atoms with Crippen LogP contribution in [0.15, 0.2) is 47.8 Å². The van der Waals surface area contributed by atoms with Crippen molar-refractivity contribution in [2.45, 2.75) is 44.3 Å². The molecule has 0 spiro atoms. The highest BCUT2D eigenvalue weighted by atomic mass is 32.1. The zero-order valence-electron chi connectivity index (χ0n) is 17.5. The van der Waals surface area contributed by atoms with Gasteiger partial charge in [-0.1, -0.05) is 12.1 Å². The Morgan fingerprint density at radius 1 is 1.03 bits per heavy atom. The van der Waals surface area contributed by atoms with Crippen LogP contribution >= 0.6 is 11.3 Å². The first-order valence-corrected chi connectivity index (χ1v) is 11.0. The van der Waals surface area contributed by atoms with Gasteiger partial charge in [-0.25, -0.2) is 9.69 Å². The molecule has 1 aliphatic rings. The van der Waals surface area contributed by atoms with E-state index in [1.54, 1.807) is 0 Å². The summed E-state index contributed by atoms with van der Waals surface area (Å²) in [5.41, 5.74) is -2.64. The van der Waals surface area contributed by atoms with E-state index in [-0.39, 0.29) is 12.5 Å². The van der Waals surface area contributed by atoms with Crippen molar-refractivity contribution < 1.29 is 40.7 Å². The molecule has 2 atom stereocenters. The number of benzene rings is 2. The van der Waals surface area contributed by atoms with Crippen molar-refractivity contribution >= 4 is 33.4 Å². The van der Waals surface area contributed by atoms with Crippen LogP contribution in [0.25, 0.3) is 10.1 Å². The first kappa shape index (κ1) is 24.1. The Morgan fingerprint density at radius 2 is 1.68 bits per heavy atom. The first-order valence-electron chi connectivity index (χ1n) is 10.1. The minimum Gasteiger partial charge on any atom is -0.439 e. The van der Waals surface area contributed by atoms with Gasteiger partial charge in [0.15, 0.2) is 0 Å². The third-order valence-corrected chi connectivity index (χ3v) is 6.55. The van der Waals surface area contributed by atoms with Crippen molar-refractivity contribution in [3.05, 3.63) is 70.1 Å². The average molecular weight is 501 g/mol. The van der Waals surface area contributed by atoms with E-state index < -0.39 is 53.2 Å². The summed E-state index contributed by atoms with van der Waals surface area (Å²) in [6.07, 6.45) is -12.4. The zero-order chi connectivity index (χ0) is 24.8. The maximum atomic E-state index is 13.2. The lowest BCUT2D eigenvalue weighted by Gasteiger charge is -2.21. The Kier molecular flexibility index (Phi) is 6.09. The molecule has 0 bridgehead atoms. The van der Waals surface area contributed by atoms with Gasteiger partial charge < -0.3 is 4.74 Å². The third-order valence-electron chi connectivity index (χ3n) is 5.67. The minimum atomic E-state index is -5.04. The van der Waals surface area contributed by atoms with Gasteiger partial charge in [-0.3, -0.25) is 4.79 Å². The molecule has 0 unspecified atom stereocenters. The van der Waals surface area contributed by atoms with E-state index in [0.29, 0.717) is 18.6 Å². The predicted molar refractivity (Wildman–Crippen MR) is 112 cm³/mol. The van der Waals surface area contributed by atoms with Crippen molar-refractivity contribution in [3.8, 4) is 0 Å². The van der Waals surface area contributed by atoms with Gasteiger partial charge >= 0.3 is 18.4 Å². The van der Waals surface area contributed by atoms with E-state index in [4.69, 9.17) is 4.74 Å². The molecule has 0 aliphatic carbocycles. The van der Waals surface area contributed by atoms with Crippen LogP contribution in [0.3, 0.4) is 0 Å². The van der Waals surface area contributed by atoms with Crippen LogP contribution in [0, 0.1) is 0 Å². The van der Waals surface area contributed by atoms with Gasteiger partial charge in [-0.2, -0.15) is 26.3 Å². The molecule has 4 rings (SSSR count). The second-order valence-electron chi connectivity index (χ2n) is 7.90. The molecule has 2 amide bonds. The monoisotopic (exact) mass is 501 g/mol. The number of ether oxygens (including phenoxy) is 1. The van der Waals surface area contributed by atoms with Crippen LogP contribution in [0.1, 0.15) is 41.7 Å². The number of aryl methyl sites for hydroxylation is 1. The number of cyclic esters (lactones) is 1. The summed E-state index contributed by atoms with van der Waals surface area (Å²) < 4.78 is 85.4. The lowest BCUT2D eigenvalue weighted by molar-refractivity contribution is -0.143. The highest BCUT2D eigenvalue weighted by Crippen LogP contribution is 2.41. The summed E-state index contributed by atoms with van der Waals surface area (Å²) in [6.45, 7) is 1.35. The van der Waals surface area contributed by atoms with Crippen LogP contribution in [-0.4, -0.2) is 22.9 Å². The van der Waals surface area contributed by atoms with Gasteiger partial charge in [-0.05, 0) is 65.6 Å². The van der Waals surface area contributed by atoms with E-state index in [2.05, 4.69) is 0 Å². The fraction of sp³-hybridized carbons (Fsp3) is 0.304. The normalized spacial score (nSPS) is 19.0.